The smallest absolute Gasteiger partial charge is 0.186 e. The van der Waals surface area contributed by atoms with Gasteiger partial charge in [-0.25, -0.2) is 0 Å². The fraction of sp³-hybridized carbons (Fsp3) is 1.00. The molecule has 0 radical (unpaired) electrons. The molecule has 0 heterocycles. The van der Waals surface area contributed by atoms with Gasteiger partial charge in [0.05, 0.1) is 0 Å². The van der Waals surface area contributed by atoms with Crippen molar-refractivity contribution in [3.05, 3.63) is 0 Å². The van der Waals surface area contributed by atoms with E-state index in [0.29, 0.717) is 18.9 Å². The van der Waals surface area contributed by atoms with Crippen molar-refractivity contribution in [2.45, 2.75) is 58.8 Å². The maximum atomic E-state index is 9.42. The van der Waals surface area contributed by atoms with Gasteiger partial charge in [0.1, 0.15) is 6.10 Å². The highest BCUT2D eigenvalue weighted by atomic mass is 16.6. The van der Waals surface area contributed by atoms with Gasteiger partial charge in [-0.1, -0.05) is 33.6 Å². The number of ether oxygens (including phenoxy) is 1. The van der Waals surface area contributed by atoms with Crippen LogP contribution in [0.1, 0.15) is 47.0 Å². The van der Waals surface area contributed by atoms with Gasteiger partial charge in [0.15, 0.2) is 5.79 Å². The third kappa shape index (κ3) is 5.58. The Labute approximate surface area is 87.1 Å². The Bertz CT molecular complexity index is 140. The molecule has 0 aliphatic rings. The van der Waals surface area contributed by atoms with Gasteiger partial charge in [-0.15, -0.1) is 0 Å². The van der Waals surface area contributed by atoms with E-state index in [1.807, 2.05) is 6.92 Å². The first-order chi connectivity index (χ1) is 6.41. The van der Waals surface area contributed by atoms with Crippen molar-refractivity contribution in [2.24, 2.45) is 5.92 Å². The Kier molecular flexibility index (Phi) is 6.33. The van der Waals surface area contributed by atoms with E-state index in [1.54, 1.807) is 0 Å². The van der Waals surface area contributed by atoms with Crippen LogP contribution >= 0.6 is 0 Å². The van der Waals surface area contributed by atoms with Crippen molar-refractivity contribution < 1.29 is 14.9 Å². The molecule has 0 aromatic heterocycles. The Morgan fingerprint density at radius 1 is 1.29 bits per heavy atom. The molecule has 0 amide bonds. The van der Waals surface area contributed by atoms with Crippen LogP contribution < -0.4 is 0 Å². The van der Waals surface area contributed by atoms with Gasteiger partial charge in [0.2, 0.25) is 0 Å². The molecule has 2 atom stereocenters. The first-order valence-electron chi connectivity index (χ1n) is 5.48. The lowest BCUT2D eigenvalue weighted by atomic mass is 10.1. The summed E-state index contributed by atoms with van der Waals surface area (Å²) in [6.45, 7) is 8.17. The highest BCUT2D eigenvalue weighted by Crippen LogP contribution is 2.17. The third-order valence-corrected chi connectivity index (χ3v) is 2.44. The van der Waals surface area contributed by atoms with Crippen LogP contribution in [0.4, 0.5) is 0 Å². The molecule has 0 spiro atoms. The lowest BCUT2D eigenvalue weighted by Crippen LogP contribution is -2.41. The van der Waals surface area contributed by atoms with E-state index in [2.05, 4.69) is 13.8 Å². The first kappa shape index (κ1) is 13.9. The van der Waals surface area contributed by atoms with E-state index in [4.69, 9.17) is 4.74 Å². The Morgan fingerprint density at radius 2 is 1.86 bits per heavy atom. The third-order valence-electron chi connectivity index (χ3n) is 2.44. The second-order valence-corrected chi connectivity index (χ2v) is 4.22. The highest BCUT2D eigenvalue weighted by Gasteiger charge is 2.29. The monoisotopic (exact) mass is 204 g/mol. The standard InChI is InChI=1S/C11H24O3/c1-5-7-10(11(4,12)13)14-8-9(3)6-2/h9-10,12-13H,5-8H2,1-4H3. The summed E-state index contributed by atoms with van der Waals surface area (Å²) < 4.78 is 5.50. The van der Waals surface area contributed by atoms with Gasteiger partial charge in [-0.05, 0) is 19.3 Å². The largest absolute Gasteiger partial charge is 0.372 e. The molecule has 86 valence electrons. The lowest BCUT2D eigenvalue weighted by Gasteiger charge is -2.28. The molecule has 0 bridgehead atoms. The summed E-state index contributed by atoms with van der Waals surface area (Å²) in [4.78, 5) is 0. The molecule has 2 unspecified atom stereocenters. The minimum atomic E-state index is -1.72. The molecule has 0 aliphatic heterocycles. The average Bonchev–Trinajstić information content (AvgIpc) is 2.09. The first-order valence-corrected chi connectivity index (χ1v) is 5.48. The molecule has 2 N–H and O–H groups in total. The maximum absolute atomic E-state index is 9.42. The zero-order valence-electron chi connectivity index (χ0n) is 9.79. The minimum absolute atomic E-state index is 0.469. The predicted octanol–water partition coefficient (Wildman–Crippen LogP) is 1.92. The molecule has 0 fully saturated rings. The normalized spacial score (nSPS) is 16.7. The highest BCUT2D eigenvalue weighted by molar-refractivity contribution is 4.71. The second kappa shape index (κ2) is 6.38. The zero-order chi connectivity index (χ0) is 11.2. The summed E-state index contributed by atoms with van der Waals surface area (Å²) in [5.74, 6) is -1.25. The molecule has 14 heavy (non-hydrogen) atoms. The summed E-state index contributed by atoms with van der Waals surface area (Å²) >= 11 is 0. The van der Waals surface area contributed by atoms with Crippen molar-refractivity contribution in [1.29, 1.82) is 0 Å². The van der Waals surface area contributed by atoms with Crippen molar-refractivity contribution in [3.63, 3.8) is 0 Å². The van der Waals surface area contributed by atoms with Crippen molar-refractivity contribution >= 4 is 0 Å². The average molecular weight is 204 g/mol. The predicted molar refractivity (Wildman–Crippen MR) is 56.9 cm³/mol. The fourth-order valence-corrected chi connectivity index (χ4v) is 1.18. The van der Waals surface area contributed by atoms with Crippen molar-refractivity contribution in [3.8, 4) is 0 Å². The Balaban J connectivity index is 3.98. The fourth-order valence-electron chi connectivity index (χ4n) is 1.18. The van der Waals surface area contributed by atoms with Crippen LogP contribution in [0, 0.1) is 5.92 Å². The Morgan fingerprint density at radius 3 is 2.21 bits per heavy atom. The molecular formula is C11H24O3. The molecular weight excluding hydrogens is 180 g/mol. The van der Waals surface area contributed by atoms with Crippen LogP contribution in [0.2, 0.25) is 0 Å². The summed E-state index contributed by atoms with van der Waals surface area (Å²) in [7, 11) is 0. The summed E-state index contributed by atoms with van der Waals surface area (Å²) in [5, 5.41) is 18.8. The van der Waals surface area contributed by atoms with Crippen LogP contribution in [-0.2, 0) is 4.74 Å². The SMILES string of the molecule is CCCC(OCC(C)CC)C(C)(O)O. The van der Waals surface area contributed by atoms with E-state index in [9.17, 15) is 10.2 Å². The second-order valence-electron chi connectivity index (χ2n) is 4.22. The van der Waals surface area contributed by atoms with Crippen LogP contribution in [0.3, 0.4) is 0 Å². The van der Waals surface area contributed by atoms with Crippen molar-refractivity contribution in [2.75, 3.05) is 6.61 Å². The number of hydrogen-bond acceptors (Lipinski definition) is 3. The molecule has 0 aliphatic carbocycles. The van der Waals surface area contributed by atoms with Gasteiger partial charge < -0.3 is 14.9 Å². The molecule has 0 aromatic rings. The lowest BCUT2D eigenvalue weighted by molar-refractivity contribution is -0.230. The quantitative estimate of drug-likeness (QED) is 0.623. The van der Waals surface area contributed by atoms with Crippen LogP contribution in [-0.4, -0.2) is 28.7 Å². The van der Waals surface area contributed by atoms with Crippen LogP contribution in [0.25, 0.3) is 0 Å². The molecule has 0 aromatic carbocycles. The van der Waals surface area contributed by atoms with E-state index in [0.717, 1.165) is 12.8 Å². The topological polar surface area (TPSA) is 49.7 Å². The zero-order valence-corrected chi connectivity index (χ0v) is 9.79. The molecule has 0 rings (SSSR count). The van der Waals surface area contributed by atoms with Gasteiger partial charge in [0.25, 0.3) is 0 Å². The maximum Gasteiger partial charge on any atom is 0.186 e. The summed E-state index contributed by atoms with van der Waals surface area (Å²) in [6, 6.07) is 0. The molecule has 3 nitrogen and oxygen atoms in total. The van der Waals surface area contributed by atoms with Gasteiger partial charge in [-0.2, -0.15) is 0 Å². The molecule has 0 saturated heterocycles. The van der Waals surface area contributed by atoms with Gasteiger partial charge >= 0.3 is 0 Å². The van der Waals surface area contributed by atoms with Crippen LogP contribution in [0.5, 0.6) is 0 Å². The van der Waals surface area contributed by atoms with Crippen molar-refractivity contribution in [1.82, 2.24) is 0 Å². The van der Waals surface area contributed by atoms with E-state index >= 15 is 0 Å². The summed E-state index contributed by atoms with van der Waals surface area (Å²) in [6.07, 6.45) is 2.15. The number of rotatable bonds is 7. The molecule has 0 saturated carbocycles. The van der Waals surface area contributed by atoms with E-state index < -0.39 is 11.9 Å². The minimum Gasteiger partial charge on any atom is -0.372 e. The van der Waals surface area contributed by atoms with Crippen LogP contribution in [0.15, 0.2) is 0 Å². The van der Waals surface area contributed by atoms with E-state index in [1.165, 1.54) is 6.92 Å². The Hall–Kier alpha value is -0.120. The van der Waals surface area contributed by atoms with Gasteiger partial charge in [0, 0.05) is 6.61 Å². The van der Waals surface area contributed by atoms with Gasteiger partial charge in [-0.3, -0.25) is 0 Å². The van der Waals surface area contributed by atoms with E-state index in [-0.39, 0.29) is 0 Å². The number of hydrogen-bond donors (Lipinski definition) is 2. The molecule has 3 heteroatoms. The number of aliphatic hydroxyl groups is 2. The summed E-state index contributed by atoms with van der Waals surface area (Å²) in [5.41, 5.74) is 0.